The highest BCUT2D eigenvalue weighted by molar-refractivity contribution is 6.35. The van der Waals surface area contributed by atoms with Gasteiger partial charge >= 0.3 is 0 Å². The van der Waals surface area contributed by atoms with Crippen molar-refractivity contribution in [1.29, 1.82) is 0 Å². The van der Waals surface area contributed by atoms with Gasteiger partial charge in [-0.25, -0.2) is 9.97 Å². The second-order valence-corrected chi connectivity index (χ2v) is 8.85. The van der Waals surface area contributed by atoms with E-state index in [1.807, 2.05) is 24.9 Å². The highest BCUT2D eigenvalue weighted by Crippen LogP contribution is 2.30. The van der Waals surface area contributed by atoms with Gasteiger partial charge in [0.2, 0.25) is 5.95 Å². The molecule has 0 spiro atoms. The predicted octanol–water partition coefficient (Wildman–Crippen LogP) is 4.31. The Kier molecular flexibility index (Phi) is 6.74. The quantitative estimate of drug-likeness (QED) is 0.569. The summed E-state index contributed by atoms with van der Waals surface area (Å²) in [4.78, 5) is 29.6. The van der Waals surface area contributed by atoms with E-state index in [9.17, 15) is 4.79 Å². The van der Waals surface area contributed by atoms with Crippen LogP contribution in [0.3, 0.4) is 0 Å². The molecule has 1 N–H and O–H groups in total. The topological polar surface area (TPSA) is 79.2 Å². The highest BCUT2D eigenvalue weighted by Gasteiger charge is 2.25. The fourth-order valence-corrected chi connectivity index (χ4v) is 4.26. The average molecular weight is 495 g/mol. The Labute approximate surface area is 201 Å². The zero-order valence-electron chi connectivity index (χ0n) is 17.6. The van der Waals surface area contributed by atoms with Crippen molar-refractivity contribution in [2.75, 3.05) is 36.4 Å². The fraction of sp³-hybridized carbons (Fsp3) is 0.333. The van der Waals surface area contributed by atoms with E-state index in [2.05, 4.69) is 20.3 Å². The lowest BCUT2D eigenvalue weighted by atomic mass is 10.1. The number of imidazole rings is 1. The van der Waals surface area contributed by atoms with E-state index in [-0.39, 0.29) is 11.9 Å². The minimum absolute atomic E-state index is 0.0710. The Morgan fingerprint density at radius 1 is 1.09 bits per heavy atom. The monoisotopic (exact) mass is 493 g/mol. The number of nitrogens with one attached hydrogen (secondary N) is 1. The van der Waals surface area contributed by atoms with E-state index < -0.39 is 0 Å². The Hall–Kier alpha value is -2.55. The summed E-state index contributed by atoms with van der Waals surface area (Å²) < 4.78 is 1.76. The lowest BCUT2D eigenvalue weighted by molar-refractivity contribution is 0.0740. The molecule has 0 saturated carbocycles. The van der Waals surface area contributed by atoms with E-state index in [0.717, 1.165) is 5.56 Å². The van der Waals surface area contributed by atoms with E-state index in [4.69, 9.17) is 34.8 Å². The molecule has 3 heterocycles. The molecule has 0 bridgehead atoms. The average Bonchev–Trinajstić information content (AvgIpc) is 3.21. The summed E-state index contributed by atoms with van der Waals surface area (Å²) in [5.74, 6) is 0.997. The molecular formula is C21H22Cl3N7O. The van der Waals surface area contributed by atoms with Crippen molar-refractivity contribution in [3.8, 4) is 0 Å². The highest BCUT2D eigenvalue weighted by atomic mass is 35.5. The van der Waals surface area contributed by atoms with Gasteiger partial charge in [-0.2, -0.15) is 4.98 Å². The molecule has 3 aromatic rings. The van der Waals surface area contributed by atoms with Gasteiger partial charge < -0.3 is 19.7 Å². The number of aryl methyl sites for hydroxylation is 1. The first-order chi connectivity index (χ1) is 15.3. The molecular weight excluding hydrogens is 473 g/mol. The summed E-state index contributed by atoms with van der Waals surface area (Å²) in [6.07, 6.45) is 4.93. The van der Waals surface area contributed by atoms with Gasteiger partial charge in [-0.05, 0) is 24.6 Å². The van der Waals surface area contributed by atoms with Gasteiger partial charge in [0.1, 0.15) is 10.7 Å². The van der Waals surface area contributed by atoms with Crippen molar-refractivity contribution >= 4 is 52.5 Å². The van der Waals surface area contributed by atoms with Gasteiger partial charge in [0.05, 0.1) is 18.6 Å². The summed E-state index contributed by atoms with van der Waals surface area (Å²) in [7, 11) is 1.84. The second-order valence-electron chi connectivity index (χ2n) is 7.60. The summed E-state index contributed by atoms with van der Waals surface area (Å²) in [6, 6.07) is 5.22. The standard InChI is InChI=1S/C21H22Cl3N7O/c1-13(15-4-3-14(22)9-16(15)23)27-19-17(24)10-25-21(28-19)31-7-5-30(6-8-31)20(32)18-11-29(2)12-26-18/h3-4,9-13H,5-8H2,1-2H3,(H,25,27,28)/t13-/m1/s1. The Morgan fingerprint density at radius 2 is 1.84 bits per heavy atom. The van der Waals surface area contributed by atoms with Crippen molar-refractivity contribution in [3.63, 3.8) is 0 Å². The predicted molar refractivity (Wildman–Crippen MR) is 127 cm³/mol. The third-order valence-electron chi connectivity index (χ3n) is 5.29. The van der Waals surface area contributed by atoms with Crippen LogP contribution in [0, 0.1) is 0 Å². The van der Waals surface area contributed by atoms with Crippen LogP contribution in [0.15, 0.2) is 36.9 Å². The lowest BCUT2D eigenvalue weighted by Crippen LogP contribution is -2.49. The molecule has 0 aliphatic carbocycles. The molecule has 1 atom stereocenters. The number of benzene rings is 1. The minimum Gasteiger partial charge on any atom is -0.362 e. The SMILES string of the molecule is C[C@@H](Nc1nc(N2CCN(C(=O)c3cn(C)cn3)CC2)ncc1Cl)c1ccc(Cl)cc1Cl. The molecule has 4 rings (SSSR count). The number of rotatable bonds is 5. The molecule has 1 aliphatic heterocycles. The number of amides is 1. The van der Waals surface area contributed by atoms with E-state index in [1.54, 1.807) is 40.3 Å². The van der Waals surface area contributed by atoms with Crippen LogP contribution < -0.4 is 10.2 Å². The van der Waals surface area contributed by atoms with Crippen molar-refractivity contribution < 1.29 is 4.79 Å². The van der Waals surface area contributed by atoms with Crippen LogP contribution in [0.25, 0.3) is 0 Å². The summed E-state index contributed by atoms with van der Waals surface area (Å²) in [5.41, 5.74) is 1.33. The summed E-state index contributed by atoms with van der Waals surface area (Å²) in [6.45, 7) is 4.30. The van der Waals surface area contributed by atoms with Gasteiger partial charge in [0.15, 0.2) is 5.82 Å². The zero-order chi connectivity index (χ0) is 22.8. The molecule has 0 unspecified atom stereocenters. The number of aromatic nitrogens is 4. The van der Waals surface area contributed by atoms with Gasteiger partial charge in [0.25, 0.3) is 5.91 Å². The molecule has 11 heteroatoms. The number of hydrogen-bond donors (Lipinski definition) is 1. The van der Waals surface area contributed by atoms with Gasteiger partial charge in [0, 0.05) is 49.5 Å². The van der Waals surface area contributed by atoms with Crippen molar-refractivity contribution in [2.24, 2.45) is 7.05 Å². The smallest absolute Gasteiger partial charge is 0.274 e. The van der Waals surface area contributed by atoms with Crippen LogP contribution in [0.2, 0.25) is 15.1 Å². The van der Waals surface area contributed by atoms with Crippen LogP contribution in [-0.4, -0.2) is 56.5 Å². The number of carbonyl (C=O) groups excluding carboxylic acids is 1. The number of piperazine rings is 1. The molecule has 1 amide bonds. The molecule has 0 radical (unpaired) electrons. The van der Waals surface area contributed by atoms with Crippen molar-refractivity contribution in [2.45, 2.75) is 13.0 Å². The van der Waals surface area contributed by atoms with Crippen LogP contribution in [0.4, 0.5) is 11.8 Å². The summed E-state index contributed by atoms with van der Waals surface area (Å²) >= 11 is 18.7. The molecule has 1 fully saturated rings. The Balaban J connectivity index is 1.43. The molecule has 168 valence electrons. The van der Waals surface area contributed by atoms with Crippen molar-refractivity contribution in [1.82, 2.24) is 24.4 Å². The third-order valence-corrected chi connectivity index (χ3v) is 6.13. The molecule has 32 heavy (non-hydrogen) atoms. The number of hydrogen-bond acceptors (Lipinski definition) is 6. The van der Waals surface area contributed by atoms with E-state index in [1.165, 1.54) is 0 Å². The number of nitrogens with zero attached hydrogens (tertiary/aromatic N) is 6. The van der Waals surface area contributed by atoms with Crippen LogP contribution in [0.5, 0.6) is 0 Å². The van der Waals surface area contributed by atoms with Gasteiger partial charge in [-0.15, -0.1) is 0 Å². The third kappa shape index (κ3) is 4.92. The first-order valence-corrected chi connectivity index (χ1v) is 11.2. The summed E-state index contributed by atoms with van der Waals surface area (Å²) in [5, 5.41) is 4.86. The Bertz CT molecular complexity index is 1130. The van der Waals surface area contributed by atoms with E-state index in [0.29, 0.717) is 58.7 Å². The maximum atomic E-state index is 12.6. The number of anilines is 2. The minimum atomic E-state index is -0.146. The van der Waals surface area contributed by atoms with Crippen LogP contribution in [0.1, 0.15) is 29.0 Å². The molecule has 1 aromatic carbocycles. The largest absolute Gasteiger partial charge is 0.362 e. The maximum absolute atomic E-state index is 12.6. The molecule has 2 aromatic heterocycles. The molecule has 1 saturated heterocycles. The fourth-order valence-electron chi connectivity index (χ4n) is 3.54. The lowest BCUT2D eigenvalue weighted by Gasteiger charge is -2.34. The van der Waals surface area contributed by atoms with E-state index >= 15 is 0 Å². The van der Waals surface area contributed by atoms with Crippen LogP contribution >= 0.6 is 34.8 Å². The normalized spacial score (nSPS) is 15.0. The van der Waals surface area contributed by atoms with Crippen LogP contribution in [-0.2, 0) is 7.05 Å². The number of halogens is 3. The maximum Gasteiger partial charge on any atom is 0.274 e. The zero-order valence-corrected chi connectivity index (χ0v) is 19.9. The van der Waals surface area contributed by atoms with Gasteiger partial charge in [-0.3, -0.25) is 4.79 Å². The van der Waals surface area contributed by atoms with Gasteiger partial charge in [-0.1, -0.05) is 40.9 Å². The van der Waals surface area contributed by atoms with Crippen molar-refractivity contribution in [3.05, 3.63) is 63.2 Å². The first kappa shape index (κ1) is 22.6. The number of carbonyl (C=O) groups is 1. The first-order valence-electron chi connectivity index (χ1n) is 10.1. The molecule has 8 nitrogen and oxygen atoms in total. The second kappa shape index (κ2) is 9.52. The molecule has 1 aliphatic rings. The Morgan fingerprint density at radius 3 is 2.50 bits per heavy atom.